The minimum absolute atomic E-state index is 0.0345. The Morgan fingerprint density at radius 1 is 0.714 bits per heavy atom. The lowest BCUT2D eigenvalue weighted by molar-refractivity contribution is -0.137. The molecule has 0 saturated heterocycles. The van der Waals surface area contributed by atoms with Gasteiger partial charge in [0.2, 0.25) is 0 Å². The molecule has 0 atom stereocenters. The lowest BCUT2D eigenvalue weighted by Crippen LogP contribution is -2.06. The maximum atomic E-state index is 12.0. The molecule has 4 aromatic rings. The van der Waals surface area contributed by atoms with Gasteiger partial charge in [-0.25, -0.2) is 8.42 Å². The Balaban J connectivity index is 0.000000214. The maximum Gasteiger partial charge on any atom is 0.416 e. The van der Waals surface area contributed by atoms with Crippen molar-refractivity contribution < 1.29 is 26.1 Å². The van der Waals surface area contributed by atoms with Crippen molar-refractivity contribution in [2.75, 3.05) is 0 Å². The van der Waals surface area contributed by atoms with Gasteiger partial charge < -0.3 is 4.55 Å². The molecular weight excluding hydrogens is 493 g/mol. The molecule has 0 heterocycles. The van der Waals surface area contributed by atoms with Crippen molar-refractivity contribution >= 4 is 21.0 Å². The molecule has 0 N–H and O–H groups in total. The average molecular weight is 517 g/mol. The first-order valence-electron chi connectivity index (χ1n) is 10.5. The molecule has 0 aliphatic heterocycles. The zero-order chi connectivity index (χ0) is 25.6. The first-order valence-corrected chi connectivity index (χ1v) is 13.1. The summed E-state index contributed by atoms with van der Waals surface area (Å²) in [6.07, 6.45) is -4.54. The second kappa shape index (κ2) is 11.1. The van der Waals surface area contributed by atoms with Crippen LogP contribution in [0.25, 0.3) is 0 Å². The molecule has 0 amide bonds. The molecule has 0 bridgehead atoms. The first-order chi connectivity index (χ1) is 16.5. The Labute approximate surface area is 206 Å². The number of rotatable bonds is 4. The summed E-state index contributed by atoms with van der Waals surface area (Å²) in [7, 11) is -4.72. The summed E-state index contributed by atoms with van der Waals surface area (Å²) in [4.78, 5) is 3.48. The minimum atomic E-state index is -4.68. The lowest BCUT2D eigenvalue weighted by atomic mass is 10.2. The highest BCUT2D eigenvalue weighted by atomic mass is 32.2. The van der Waals surface area contributed by atoms with Crippen LogP contribution in [-0.2, 0) is 27.2 Å². The van der Waals surface area contributed by atoms with Gasteiger partial charge in [0.1, 0.15) is 10.1 Å². The van der Waals surface area contributed by atoms with E-state index in [-0.39, 0.29) is 10.9 Å². The molecule has 8 heteroatoms. The van der Waals surface area contributed by atoms with Crippen molar-refractivity contribution in [2.45, 2.75) is 39.6 Å². The largest absolute Gasteiger partial charge is 0.744 e. The zero-order valence-corrected chi connectivity index (χ0v) is 20.6. The van der Waals surface area contributed by atoms with E-state index in [1.165, 1.54) is 25.8 Å². The van der Waals surface area contributed by atoms with Gasteiger partial charge in [0.15, 0.2) is 14.7 Å². The van der Waals surface area contributed by atoms with E-state index in [0.29, 0.717) is 24.3 Å². The molecule has 0 aliphatic carbocycles. The number of halogens is 3. The van der Waals surface area contributed by atoms with E-state index in [2.05, 4.69) is 92.7 Å². The number of alkyl halides is 3. The SMILES string of the molecule is Cc1ccc([S+](c2ccccc2)c2ccccc2)c(C)c1.O=S(=O)([O-])c1ccc(C(F)(F)F)cc1. The van der Waals surface area contributed by atoms with Gasteiger partial charge in [-0.2, -0.15) is 13.2 Å². The third-order valence-electron chi connectivity index (χ3n) is 4.98. The average Bonchev–Trinajstić information content (AvgIpc) is 2.81. The van der Waals surface area contributed by atoms with E-state index in [0.717, 1.165) is 0 Å². The summed E-state index contributed by atoms with van der Waals surface area (Å²) >= 11 is 0. The monoisotopic (exact) mass is 516 g/mol. The molecular formula is C27H23F3O3S2. The molecule has 0 aliphatic rings. The van der Waals surface area contributed by atoms with E-state index in [1.807, 2.05) is 0 Å². The van der Waals surface area contributed by atoms with Crippen molar-refractivity contribution in [3.63, 3.8) is 0 Å². The van der Waals surface area contributed by atoms with Crippen molar-refractivity contribution in [3.8, 4) is 0 Å². The van der Waals surface area contributed by atoms with Crippen LogP contribution in [0.3, 0.4) is 0 Å². The van der Waals surface area contributed by atoms with E-state index >= 15 is 0 Å². The van der Waals surface area contributed by atoms with Crippen molar-refractivity contribution in [3.05, 3.63) is 120 Å². The van der Waals surface area contributed by atoms with Gasteiger partial charge in [0.25, 0.3) is 0 Å². The van der Waals surface area contributed by atoms with Crippen LogP contribution in [-0.4, -0.2) is 13.0 Å². The normalized spacial score (nSPS) is 11.6. The number of hydrogen-bond donors (Lipinski definition) is 0. The molecule has 3 nitrogen and oxygen atoms in total. The Morgan fingerprint density at radius 3 is 1.60 bits per heavy atom. The van der Waals surface area contributed by atoms with E-state index in [1.54, 1.807) is 0 Å². The molecule has 4 aromatic carbocycles. The van der Waals surface area contributed by atoms with Crippen LogP contribution in [0.2, 0.25) is 0 Å². The quantitative estimate of drug-likeness (QED) is 0.217. The highest BCUT2D eigenvalue weighted by Gasteiger charge is 2.30. The third kappa shape index (κ3) is 7.21. The van der Waals surface area contributed by atoms with E-state index < -0.39 is 26.8 Å². The second-order valence-electron chi connectivity index (χ2n) is 7.68. The summed E-state index contributed by atoms with van der Waals surface area (Å²) < 4.78 is 67.0. The Kier molecular flexibility index (Phi) is 8.43. The zero-order valence-electron chi connectivity index (χ0n) is 19.0. The van der Waals surface area contributed by atoms with Crippen molar-refractivity contribution in [1.29, 1.82) is 0 Å². The van der Waals surface area contributed by atoms with Gasteiger partial charge in [0.05, 0.1) is 21.4 Å². The highest BCUT2D eigenvalue weighted by Crippen LogP contribution is 2.33. The topological polar surface area (TPSA) is 57.2 Å². The first kappa shape index (κ1) is 26.5. The lowest BCUT2D eigenvalue weighted by Gasteiger charge is -2.10. The fraction of sp³-hybridized carbons (Fsp3) is 0.111. The highest BCUT2D eigenvalue weighted by molar-refractivity contribution is 7.97. The molecule has 0 saturated carbocycles. The second-order valence-corrected chi connectivity index (χ2v) is 11.1. The van der Waals surface area contributed by atoms with Crippen molar-refractivity contribution in [1.82, 2.24) is 0 Å². The van der Waals surface area contributed by atoms with Crippen LogP contribution < -0.4 is 0 Å². The van der Waals surface area contributed by atoms with Crippen LogP contribution in [0.5, 0.6) is 0 Å². The minimum Gasteiger partial charge on any atom is -0.744 e. The summed E-state index contributed by atoms with van der Waals surface area (Å²) in [5, 5.41) is 0. The summed E-state index contributed by atoms with van der Waals surface area (Å²) in [5.74, 6) is 0. The molecule has 0 unspecified atom stereocenters. The van der Waals surface area contributed by atoms with Crippen LogP contribution in [0.1, 0.15) is 16.7 Å². The number of aryl methyl sites for hydroxylation is 2. The van der Waals surface area contributed by atoms with Gasteiger partial charge in [-0.3, -0.25) is 0 Å². The molecule has 182 valence electrons. The standard InChI is InChI=1S/C20H19S.C7H5F3O3S/c1-16-13-14-20(17(2)15-16)21(18-9-5-3-6-10-18)19-11-7-4-8-12-19;8-7(9,10)5-1-3-6(4-2-5)14(11,12)13/h3-15H,1-2H3;1-4H,(H,11,12,13)/q+1;/p-1. The summed E-state index contributed by atoms with van der Waals surface area (Å²) in [5.41, 5.74) is 1.69. The molecule has 0 radical (unpaired) electrons. The Morgan fingerprint density at radius 2 is 1.20 bits per heavy atom. The van der Waals surface area contributed by atoms with Gasteiger partial charge in [0, 0.05) is 5.56 Å². The Hall–Kier alpha value is -3.07. The summed E-state index contributed by atoms with van der Waals surface area (Å²) in [6.45, 7) is 4.37. The van der Waals surface area contributed by atoms with Gasteiger partial charge in [-0.05, 0) is 68.4 Å². The van der Waals surface area contributed by atoms with Crippen LogP contribution >= 0.6 is 0 Å². The maximum absolute atomic E-state index is 12.0. The van der Waals surface area contributed by atoms with Crippen LogP contribution in [0.15, 0.2) is 123 Å². The predicted molar refractivity (Wildman–Crippen MR) is 130 cm³/mol. The fourth-order valence-corrected chi connectivity index (χ4v) is 6.04. The fourth-order valence-electron chi connectivity index (χ4n) is 3.34. The number of hydrogen-bond acceptors (Lipinski definition) is 3. The number of benzene rings is 4. The smallest absolute Gasteiger partial charge is 0.416 e. The van der Waals surface area contributed by atoms with Gasteiger partial charge in [-0.1, -0.05) is 54.1 Å². The van der Waals surface area contributed by atoms with E-state index in [4.69, 9.17) is 0 Å². The molecule has 35 heavy (non-hydrogen) atoms. The van der Waals surface area contributed by atoms with E-state index in [9.17, 15) is 26.1 Å². The van der Waals surface area contributed by atoms with Crippen LogP contribution in [0, 0.1) is 13.8 Å². The summed E-state index contributed by atoms with van der Waals surface area (Å²) in [6, 6.07) is 30.7. The predicted octanol–water partition coefficient (Wildman–Crippen LogP) is 7.01. The molecule has 0 aromatic heterocycles. The molecule has 0 spiro atoms. The third-order valence-corrected chi connectivity index (χ3v) is 8.21. The molecule has 4 rings (SSSR count). The Bertz CT molecular complexity index is 1320. The van der Waals surface area contributed by atoms with Crippen LogP contribution in [0.4, 0.5) is 13.2 Å². The van der Waals surface area contributed by atoms with Gasteiger partial charge >= 0.3 is 6.18 Å². The van der Waals surface area contributed by atoms with Crippen molar-refractivity contribution in [2.24, 2.45) is 0 Å². The molecule has 0 fully saturated rings. The van der Waals surface area contributed by atoms with Gasteiger partial charge in [-0.15, -0.1) is 0 Å².